The van der Waals surface area contributed by atoms with Gasteiger partial charge in [0.1, 0.15) is 55.4 Å². The van der Waals surface area contributed by atoms with Crippen LogP contribution in [0.1, 0.15) is 72.6 Å². The van der Waals surface area contributed by atoms with Gasteiger partial charge in [0, 0.05) is 43.2 Å². The van der Waals surface area contributed by atoms with Crippen LogP contribution in [0.15, 0.2) is 84.9 Å². The van der Waals surface area contributed by atoms with Crippen LogP contribution in [0.25, 0.3) is 22.3 Å². The zero-order valence-electron chi connectivity index (χ0n) is 37.8. The quantitative estimate of drug-likeness (QED) is 0.0637. The maximum atomic E-state index is 14.7. The highest BCUT2D eigenvalue weighted by Gasteiger charge is 2.36. The Bertz CT molecular complexity index is 2320. The number of hydrogen-bond acceptors (Lipinski definition) is 11. The number of aliphatic carboxylic acids is 1. The third kappa shape index (κ3) is 13.4. The van der Waals surface area contributed by atoms with Crippen LogP contribution in [0.2, 0.25) is 0 Å². The minimum absolute atomic E-state index is 0.0758. The zero-order chi connectivity index (χ0) is 47.8. The molecular formula is C49H62N8O9. The summed E-state index contributed by atoms with van der Waals surface area (Å²) < 4.78 is 12.2. The van der Waals surface area contributed by atoms with Gasteiger partial charge in [0.2, 0.25) is 23.6 Å². The van der Waals surface area contributed by atoms with Crippen LogP contribution in [-0.2, 0) is 36.8 Å². The van der Waals surface area contributed by atoms with Gasteiger partial charge in [-0.05, 0) is 103 Å². The average molecular weight is 907 g/mol. The molecule has 4 aromatic rings. The summed E-state index contributed by atoms with van der Waals surface area (Å²) in [4.78, 5) is 82.8. The van der Waals surface area contributed by atoms with Crippen molar-refractivity contribution in [2.45, 2.75) is 76.5 Å². The second kappa shape index (κ2) is 24.5. The van der Waals surface area contributed by atoms with Gasteiger partial charge >= 0.3 is 5.97 Å². The van der Waals surface area contributed by atoms with Crippen LogP contribution in [0.5, 0.6) is 11.5 Å². The van der Waals surface area contributed by atoms with Crippen molar-refractivity contribution in [1.82, 2.24) is 26.2 Å². The molecule has 4 aromatic carbocycles. The Balaban J connectivity index is 1.54. The smallest absolute Gasteiger partial charge is 0.322 e. The molecule has 4 atom stereocenters. The van der Waals surface area contributed by atoms with Gasteiger partial charge in [-0.15, -0.1) is 0 Å². The van der Waals surface area contributed by atoms with Crippen molar-refractivity contribution >= 4 is 35.5 Å². The Hall–Kier alpha value is -6.82. The van der Waals surface area contributed by atoms with E-state index in [1.165, 1.54) is 24.4 Å². The fourth-order valence-corrected chi connectivity index (χ4v) is 7.62. The topological polar surface area (TPSA) is 271 Å². The molecule has 1 heterocycles. The molecule has 1 aliphatic rings. The molecule has 1 aliphatic heterocycles. The van der Waals surface area contributed by atoms with E-state index in [1.807, 2.05) is 12.1 Å². The molecule has 0 aliphatic carbocycles. The minimum atomic E-state index is -1.39. The highest BCUT2D eigenvalue weighted by molar-refractivity contribution is 6.00. The summed E-state index contributed by atoms with van der Waals surface area (Å²) in [5.41, 5.74) is 22.9. The van der Waals surface area contributed by atoms with Gasteiger partial charge in [0.15, 0.2) is 0 Å². The van der Waals surface area contributed by atoms with Crippen molar-refractivity contribution in [3.05, 3.63) is 107 Å². The summed E-state index contributed by atoms with van der Waals surface area (Å²) in [7, 11) is 1.43. The van der Waals surface area contributed by atoms with Crippen LogP contribution in [0, 0.1) is 0 Å². The number of aryl methyl sites for hydroxylation is 1. The number of carboxylic acid groups (broad SMARTS) is 1. The van der Waals surface area contributed by atoms with E-state index in [-0.39, 0.29) is 45.7 Å². The Kier molecular flexibility index (Phi) is 18.6. The van der Waals surface area contributed by atoms with E-state index in [4.69, 9.17) is 26.7 Å². The summed E-state index contributed by atoms with van der Waals surface area (Å²) in [6, 6.07) is 20.4. The fourth-order valence-electron chi connectivity index (χ4n) is 7.62. The number of likely N-dealkylation sites (N-methyl/N-ethyl adjacent to an activating group) is 1. The van der Waals surface area contributed by atoms with Gasteiger partial charge in [-0.1, -0.05) is 61.9 Å². The van der Waals surface area contributed by atoms with Crippen molar-refractivity contribution in [3.63, 3.8) is 0 Å². The molecule has 5 amide bonds. The van der Waals surface area contributed by atoms with E-state index in [9.17, 15) is 33.9 Å². The molecule has 0 fully saturated rings. The van der Waals surface area contributed by atoms with Gasteiger partial charge in [0.05, 0.1) is 0 Å². The van der Waals surface area contributed by atoms with Crippen LogP contribution in [-0.4, -0.2) is 110 Å². The Morgan fingerprint density at radius 2 is 1.42 bits per heavy atom. The number of amides is 5. The van der Waals surface area contributed by atoms with Gasteiger partial charge in [0.25, 0.3) is 5.91 Å². The molecule has 5 rings (SSSR count). The second-order valence-corrected chi connectivity index (χ2v) is 16.2. The number of rotatable bonds is 20. The second-order valence-electron chi connectivity index (χ2n) is 16.2. The molecular weight excluding hydrogens is 845 g/mol. The van der Waals surface area contributed by atoms with Crippen LogP contribution < -0.4 is 47.9 Å². The standard InChI is InChI=1S/C49H62N8O9/c1-4-5-7-31-9-12-33(13-10-31)34-14-16-35(17-15-34)46(61)55-39(8-6-21-50)49(64)57(3)44-36-18-20-42(66-25-23-52)38(28-36)37-26-32(11-19-41(37)65-24-22-51)27-40(47(62)53-29-43(58)59)56-45(60)30(2)54-48(44)63/h9-20,26,28,30,39-40,44H,4-8,21-25,27,29,50-52H2,1-3H3,(H,53,62)(H,54,63)(H,55,61)(H,56,60)(H,58,59). The lowest BCUT2D eigenvalue weighted by Gasteiger charge is -2.32. The number of nitrogens with zero attached hydrogens (tertiary/aromatic N) is 1. The van der Waals surface area contributed by atoms with Crippen LogP contribution in [0.3, 0.4) is 0 Å². The van der Waals surface area contributed by atoms with Crippen molar-refractivity contribution in [3.8, 4) is 33.8 Å². The predicted octanol–water partition coefficient (Wildman–Crippen LogP) is 2.82. The third-order valence-corrected chi connectivity index (χ3v) is 11.2. The lowest BCUT2D eigenvalue weighted by atomic mass is 9.93. The molecule has 4 bridgehead atoms. The van der Waals surface area contributed by atoms with E-state index in [2.05, 4.69) is 52.5 Å². The van der Waals surface area contributed by atoms with E-state index in [0.29, 0.717) is 45.7 Å². The summed E-state index contributed by atoms with van der Waals surface area (Å²) in [6.45, 7) is 3.73. The predicted molar refractivity (Wildman–Crippen MR) is 250 cm³/mol. The van der Waals surface area contributed by atoms with Crippen molar-refractivity contribution in [2.75, 3.05) is 46.4 Å². The number of nitrogens with two attached hydrogens (primary N) is 3. The molecule has 352 valence electrons. The Labute approximate surface area is 385 Å². The number of fused-ring (bicyclic) bond motifs is 5. The lowest BCUT2D eigenvalue weighted by Crippen LogP contribution is -2.56. The van der Waals surface area contributed by atoms with Crippen molar-refractivity contribution in [2.24, 2.45) is 17.2 Å². The molecule has 17 nitrogen and oxygen atoms in total. The number of nitrogens with one attached hydrogen (secondary N) is 4. The Morgan fingerprint density at radius 1 is 0.803 bits per heavy atom. The SMILES string of the molecule is CCCCc1ccc(-c2ccc(C(=O)NC(CCCN)C(=O)N(C)C3C(=O)NC(C)C(=O)NC(C(=O)NCC(=O)O)Cc4ccc(OCCN)c(c4)-c4cc3ccc4OCCN)cc2)cc1. The minimum Gasteiger partial charge on any atom is -0.492 e. The van der Waals surface area contributed by atoms with Crippen molar-refractivity contribution < 1.29 is 43.3 Å². The first kappa shape index (κ1) is 50.2. The molecule has 0 saturated heterocycles. The summed E-state index contributed by atoms with van der Waals surface area (Å²) >= 11 is 0. The van der Waals surface area contributed by atoms with E-state index < -0.39 is 66.2 Å². The molecule has 17 heteroatoms. The average Bonchev–Trinajstić information content (AvgIpc) is 3.32. The number of ether oxygens (including phenoxy) is 2. The van der Waals surface area contributed by atoms with Gasteiger partial charge in [-0.25, -0.2) is 0 Å². The molecule has 0 aromatic heterocycles. The van der Waals surface area contributed by atoms with E-state index in [1.54, 1.807) is 48.5 Å². The van der Waals surface area contributed by atoms with Crippen LogP contribution in [0.4, 0.5) is 0 Å². The number of benzene rings is 4. The van der Waals surface area contributed by atoms with Gasteiger partial charge in [-0.3, -0.25) is 28.8 Å². The third-order valence-electron chi connectivity index (χ3n) is 11.2. The van der Waals surface area contributed by atoms with Crippen molar-refractivity contribution in [1.29, 1.82) is 0 Å². The van der Waals surface area contributed by atoms with Gasteiger partial charge < -0.3 is 57.9 Å². The van der Waals surface area contributed by atoms with Gasteiger partial charge in [-0.2, -0.15) is 0 Å². The van der Waals surface area contributed by atoms with E-state index in [0.717, 1.165) is 30.4 Å². The van der Waals surface area contributed by atoms with E-state index >= 15 is 0 Å². The maximum Gasteiger partial charge on any atom is 0.322 e. The summed E-state index contributed by atoms with van der Waals surface area (Å²) in [5, 5.41) is 19.8. The van der Waals surface area contributed by atoms with Crippen LogP contribution >= 0.6 is 0 Å². The maximum absolute atomic E-state index is 14.7. The molecule has 0 saturated carbocycles. The number of unbranched alkanes of at least 4 members (excludes halogenated alkanes) is 1. The number of carboxylic acids is 1. The number of hydrogen-bond donors (Lipinski definition) is 8. The largest absolute Gasteiger partial charge is 0.492 e. The lowest BCUT2D eigenvalue weighted by molar-refractivity contribution is -0.141. The zero-order valence-corrected chi connectivity index (χ0v) is 37.8. The first-order valence-corrected chi connectivity index (χ1v) is 22.3. The highest BCUT2D eigenvalue weighted by Crippen LogP contribution is 2.40. The number of carbonyl (C=O) groups excluding carboxylic acids is 5. The fraction of sp³-hybridized carbons (Fsp3) is 0.388. The highest BCUT2D eigenvalue weighted by atomic mass is 16.5. The molecule has 0 radical (unpaired) electrons. The number of carbonyl (C=O) groups is 6. The molecule has 66 heavy (non-hydrogen) atoms. The summed E-state index contributed by atoms with van der Waals surface area (Å²) in [6.07, 6.45) is 3.68. The monoisotopic (exact) mass is 906 g/mol. The normalized spacial score (nSPS) is 16.4. The first-order valence-electron chi connectivity index (χ1n) is 22.3. The summed E-state index contributed by atoms with van der Waals surface area (Å²) in [5.74, 6) is -3.94. The first-order chi connectivity index (χ1) is 31.8. The molecule has 0 spiro atoms. The molecule has 4 unspecified atom stereocenters. The molecule has 11 N–H and O–H groups in total. The Morgan fingerprint density at radius 3 is 2.03 bits per heavy atom.